The predicted molar refractivity (Wildman–Crippen MR) is 85.8 cm³/mol. The number of benzene rings is 1. The molecule has 1 heterocycles. The first-order chi connectivity index (χ1) is 10.4. The number of hydrogen-bond acceptors (Lipinski definition) is 4. The minimum Gasteiger partial charge on any atom is -0.399 e. The first-order valence-corrected chi connectivity index (χ1v) is 8.69. The van der Waals surface area contributed by atoms with Crippen molar-refractivity contribution in [2.75, 3.05) is 5.73 Å². The molecule has 0 unspecified atom stereocenters. The summed E-state index contributed by atoms with van der Waals surface area (Å²) in [5.74, 6) is 0. The summed E-state index contributed by atoms with van der Waals surface area (Å²) in [6.45, 7) is 1.77. The molecule has 0 bridgehead atoms. The van der Waals surface area contributed by atoms with Crippen LogP contribution in [0.3, 0.4) is 0 Å². The standard InChI is InChI=1S/C16H19N3O2S/c1-12-5-6-13(17)10-15(12)22(20,21)19-16(7-8-16)11-14-4-2-3-9-18-14/h2-6,9-10,19H,7-8,11,17H2,1H3. The molecule has 1 aromatic carbocycles. The molecule has 0 spiro atoms. The average molecular weight is 317 g/mol. The zero-order chi connectivity index (χ0) is 15.8. The summed E-state index contributed by atoms with van der Waals surface area (Å²) in [4.78, 5) is 4.53. The molecule has 1 aliphatic carbocycles. The largest absolute Gasteiger partial charge is 0.399 e. The van der Waals surface area contributed by atoms with E-state index in [-0.39, 0.29) is 4.90 Å². The van der Waals surface area contributed by atoms with Crippen LogP contribution in [0.5, 0.6) is 0 Å². The Kier molecular flexibility index (Phi) is 3.66. The molecule has 116 valence electrons. The summed E-state index contributed by atoms with van der Waals surface area (Å²) in [7, 11) is -3.59. The highest BCUT2D eigenvalue weighted by atomic mass is 32.2. The molecule has 0 aliphatic heterocycles. The van der Waals surface area contributed by atoms with Gasteiger partial charge in [-0.05, 0) is 49.6 Å². The summed E-state index contributed by atoms with van der Waals surface area (Å²) < 4.78 is 28.2. The molecule has 1 aromatic heterocycles. The Morgan fingerprint density at radius 1 is 1.27 bits per heavy atom. The van der Waals surface area contributed by atoms with Gasteiger partial charge in [-0.25, -0.2) is 13.1 Å². The van der Waals surface area contributed by atoms with Gasteiger partial charge in [-0.15, -0.1) is 0 Å². The lowest BCUT2D eigenvalue weighted by molar-refractivity contribution is 0.536. The number of nitrogens with one attached hydrogen (secondary N) is 1. The molecule has 3 rings (SSSR count). The maximum absolute atomic E-state index is 12.7. The maximum Gasteiger partial charge on any atom is 0.241 e. The summed E-state index contributed by atoms with van der Waals surface area (Å²) in [6, 6.07) is 10.6. The van der Waals surface area contributed by atoms with Gasteiger partial charge in [0.1, 0.15) is 0 Å². The van der Waals surface area contributed by atoms with Gasteiger partial charge in [0.05, 0.1) is 4.90 Å². The number of pyridine rings is 1. The fourth-order valence-electron chi connectivity index (χ4n) is 2.56. The third-order valence-electron chi connectivity index (χ3n) is 3.95. The topological polar surface area (TPSA) is 85.1 Å². The van der Waals surface area contributed by atoms with Crippen LogP contribution in [0.2, 0.25) is 0 Å². The molecule has 2 aromatic rings. The van der Waals surface area contributed by atoms with E-state index in [4.69, 9.17) is 5.73 Å². The van der Waals surface area contributed by atoms with E-state index in [1.165, 1.54) is 6.07 Å². The minimum atomic E-state index is -3.59. The van der Waals surface area contributed by atoms with Gasteiger partial charge in [0.15, 0.2) is 0 Å². The number of nitrogen functional groups attached to an aromatic ring is 1. The number of nitrogens with zero attached hydrogens (tertiary/aromatic N) is 1. The van der Waals surface area contributed by atoms with Gasteiger partial charge in [-0.3, -0.25) is 4.98 Å². The third-order valence-corrected chi connectivity index (χ3v) is 5.67. The predicted octanol–water partition coefficient (Wildman–Crippen LogP) is 2.03. The Labute approximate surface area is 130 Å². The van der Waals surface area contributed by atoms with Crippen LogP contribution in [0.4, 0.5) is 5.69 Å². The van der Waals surface area contributed by atoms with E-state index in [0.717, 1.165) is 18.5 Å². The number of nitrogens with two attached hydrogens (primary N) is 1. The zero-order valence-corrected chi connectivity index (χ0v) is 13.2. The van der Waals surface area contributed by atoms with Crippen LogP contribution in [0, 0.1) is 6.92 Å². The monoisotopic (exact) mass is 317 g/mol. The fourth-order valence-corrected chi connectivity index (χ4v) is 4.30. The SMILES string of the molecule is Cc1ccc(N)cc1S(=O)(=O)NC1(Cc2ccccn2)CC1. The molecule has 6 heteroatoms. The van der Waals surface area contributed by atoms with E-state index < -0.39 is 15.6 Å². The second-order valence-electron chi connectivity index (χ2n) is 5.91. The van der Waals surface area contributed by atoms with E-state index in [2.05, 4.69) is 9.71 Å². The highest BCUT2D eigenvalue weighted by Crippen LogP contribution is 2.40. The van der Waals surface area contributed by atoms with Gasteiger partial charge in [0.2, 0.25) is 10.0 Å². The summed E-state index contributed by atoms with van der Waals surface area (Å²) >= 11 is 0. The van der Waals surface area contributed by atoms with Gasteiger partial charge in [-0.2, -0.15) is 0 Å². The summed E-state index contributed by atoms with van der Waals surface area (Å²) in [5.41, 5.74) is 7.34. The number of anilines is 1. The molecule has 22 heavy (non-hydrogen) atoms. The fraction of sp³-hybridized carbons (Fsp3) is 0.312. The first-order valence-electron chi connectivity index (χ1n) is 7.20. The third kappa shape index (κ3) is 3.13. The molecule has 3 N–H and O–H groups in total. The number of aromatic nitrogens is 1. The van der Waals surface area contributed by atoms with Crippen molar-refractivity contribution in [2.24, 2.45) is 0 Å². The minimum absolute atomic E-state index is 0.250. The van der Waals surface area contributed by atoms with Gasteiger partial charge in [0.25, 0.3) is 0 Å². The van der Waals surface area contributed by atoms with Crippen LogP contribution in [0.25, 0.3) is 0 Å². The quantitative estimate of drug-likeness (QED) is 0.826. The van der Waals surface area contributed by atoms with E-state index in [0.29, 0.717) is 17.7 Å². The Bertz CT molecular complexity index is 784. The van der Waals surface area contributed by atoms with E-state index >= 15 is 0 Å². The highest BCUT2D eigenvalue weighted by molar-refractivity contribution is 7.89. The highest BCUT2D eigenvalue weighted by Gasteiger charge is 2.46. The molecule has 1 fully saturated rings. The molecule has 1 aliphatic rings. The second kappa shape index (κ2) is 5.37. The second-order valence-corrected chi connectivity index (χ2v) is 7.56. The van der Waals surface area contributed by atoms with Crippen LogP contribution in [0.1, 0.15) is 24.1 Å². The lowest BCUT2D eigenvalue weighted by Crippen LogP contribution is -2.39. The number of hydrogen-bond donors (Lipinski definition) is 2. The van der Waals surface area contributed by atoms with Gasteiger partial charge < -0.3 is 5.73 Å². The van der Waals surface area contributed by atoms with Crippen molar-refractivity contribution in [2.45, 2.75) is 36.6 Å². The lowest BCUT2D eigenvalue weighted by atomic mass is 10.1. The number of aryl methyl sites for hydroxylation is 1. The van der Waals surface area contributed by atoms with Crippen molar-refractivity contribution in [1.29, 1.82) is 0 Å². The molecule has 0 atom stereocenters. The zero-order valence-electron chi connectivity index (χ0n) is 12.4. The molecule has 1 saturated carbocycles. The van der Waals surface area contributed by atoms with Crippen molar-refractivity contribution < 1.29 is 8.42 Å². The van der Waals surface area contributed by atoms with Crippen molar-refractivity contribution in [3.05, 3.63) is 53.9 Å². The van der Waals surface area contributed by atoms with E-state index in [1.807, 2.05) is 18.2 Å². The Morgan fingerprint density at radius 3 is 2.68 bits per heavy atom. The maximum atomic E-state index is 12.7. The van der Waals surface area contributed by atoms with E-state index in [9.17, 15) is 8.42 Å². The van der Waals surface area contributed by atoms with Crippen molar-refractivity contribution in [3.63, 3.8) is 0 Å². The van der Waals surface area contributed by atoms with Crippen LogP contribution < -0.4 is 10.5 Å². The van der Waals surface area contributed by atoms with Crippen molar-refractivity contribution in [3.8, 4) is 0 Å². The van der Waals surface area contributed by atoms with Crippen LogP contribution in [-0.2, 0) is 16.4 Å². The molecular weight excluding hydrogens is 298 g/mol. The number of sulfonamides is 1. The van der Waals surface area contributed by atoms with E-state index in [1.54, 1.807) is 25.3 Å². The molecular formula is C16H19N3O2S. The average Bonchev–Trinajstić information content (AvgIpc) is 3.21. The summed E-state index contributed by atoms with van der Waals surface area (Å²) in [5, 5.41) is 0. The van der Waals surface area contributed by atoms with Gasteiger partial charge in [0, 0.05) is 29.5 Å². The molecule has 0 saturated heterocycles. The smallest absolute Gasteiger partial charge is 0.241 e. The lowest BCUT2D eigenvalue weighted by Gasteiger charge is -2.18. The molecule has 5 nitrogen and oxygen atoms in total. The normalized spacial score (nSPS) is 16.4. The first kappa shape index (κ1) is 15.0. The van der Waals surface area contributed by atoms with Crippen LogP contribution in [0.15, 0.2) is 47.5 Å². The van der Waals surface area contributed by atoms with Crippen LogP contribution >= 0.6 is 0 Å². The Morgan fingerprint density at radius 2 is 2.05 bits per heavy atom. The molecule has 0 radical (unpaired) electrons. The number of rotatable bonds is 5. The Balaban J connectivity index is 1.84. The molecule has 0 amide bonds. The van der Waals surface area contributed by atoms with Crippen molar-refractivity contribution in [1.82, 2.24) is 9.71 Å². The van der Waals surface area contributed by atoms with Crippen LogP contribution in [-0.4, -0.2) is 18.9 Å². The van der Waals surface area contributed by atoms with Gasteiger partial charge >= 0.3 is 0 Å². The Hall–Kier alpha value is -1.92. The summed E-state index contributed by atoms with van der Waals surface area (Å²) in [6.07, 6.45) is 3.98. The van der Waals surface area contributed by atoms with Crippen molar-refractivity contribution >= 4 is 15.7 Å². The van der Waals surface area contributed by atoms with Gasteiger partial charge in [-0.1, -0.05) is 12.1 Å².